The van der Waals surface area contributed by atoms with Gasteiger partial charge in [0.2, 0.25) is 5.91 Å². The van der Waals surface area contributed by atoms with Gasteiger partial charge in [-0.25, -0.2) is 27.2 Å². The zero-order valence-electron chi connectivity index (χ0n) is 17.7. The first kappa shape index (κ1) is 26.6. The van der Waals surface area contributed by atoms with E-state index in [-0.39, 0.29) is 34.2 Å². The van der Waals surface area contributed by atoms with Crippen molar-refractivity contribution < 1.29 is 41.4 Å². The lowest BCUT2D eigenvalue weighted by Crippen LogP contribution is -2.22. The Morgan fingerprint density at radius 2 is 1.79 bits per heavy atom. The third kappa shape index (κ3) is 6.02. The van der Waals surface area contributed by atoms with Crippen molar-refractivity contribution in [2.45, 2.75) is 46.6 Å². The van der Waals surface area contributed by atoms with Gasteiger partial charge in [0.1, 0.15) is 27.8 Å². The van der Waals surface area contributed by atoms with Gasteiger partial charge in [-0.1, -0.05) is 18.5 Å². The highest BCUT2D eigenvalue weighted by Gasteiger charge is 2.30. The number of nitrogens with zero attached hydrogens (tertiary/aromatic N) is 2. The molecular formula is C19H20ClF4N3O5S. The molecule has 2 rings (SSSR count). The zero-order valence-corrected chi connectivity index (χ0v) is 19.3. The number of rotatable bonds is 10. The number of nitrogens with one attached hydrogen (secondary N) is 1. The van der Waals surface area contributed by atoms with Crippen LogP contribution in [-0.4, -0.2) is 40.8 Å². The molecule has 33 heavy (non-hydrogen) atoms. The van der Waals surface area contributed by atoms with Crippen LogP contribution >= 0.6 is 22.9 Å². The van der Waals surface area contributed by atoms with E-state index in [0.717, 1.165) is 11.3 Å². The Morgan fingerprint density at radius 1 is 1.12 bits per heavy atom. The van der Waals surface area contributed by atoms with E-state index in [4.69, 9.17) is 21.1 Å². The van der Waals surface area contributed by atoms with Crippen LogP contribution in [0.25, 0.3) is 0 Å². The summed E-state index contributed by atoms with van der Waals surface area (Å²) in [6.45, 7) is 4.05. The monoisotopic (exact) mass is 513 g/mol. The van der Waals surface area contributed by atoms with Crippen molar-refractivity contribution in [2.24, 2.45) is 0 Å². The van der Waals surface area contributed by atoms with Crippen LogP contribution in [0.15, 0.2) is 0 Å². The Labute approximate surface area is 194 Å². The van der Waals surface area contributed by atoms with Crippen molar-refractivity contribution in [1.29, 1.82) is 0 Å². The van der Waals surface area contributed by atoms with E-state index in [0.29, 0.717) is 11.1 Å². The molecule has 0 saturated heterocycles. The van der Waals surface area contributed by atoms with Crippen LogP contribution in [0.2, 0.25) is 5.02 Å². The molecule has 2 aromatic heterocycles. The number of hydrogen-bond acceptors (Lipinski definition) is 7. The van der Waals surface area contributed by atoms with Gasteiger partial charge in [-0.05, 0) is 25.8 Å². The van der Waals surface area contributed by atoms with Crippen LogP contribution in [0, 0.1) is 6.92 Å². The Kier molecular flexibility index (Phi) is 9.23. The number of esters is 2. The Morgan fingerprint density at radius 3 is 2.33 bits per heavy atom. The summed E-state index contributed by atoms with van der Waals surface area (Å²) < 4.78 is 63.0. The summed E-state index contributed by atoms with van der Waals surface area (Å²) in [4.78, 5) is 37.3. The van der Waals surface area contributed by atoms with Gasteiger partial charge in [-0.3, -0.25) is 9.48 Å². The van der Waals surface area contributed by atoms with Crippen LogP contribution in [0.5, 0.6) is 0 Å². The van der Waals surface area contributed by atoms with Crippen LogP contribution in [0.4, 0.5) is 22.6 Å². The van der Waals surface area contributed by atoms with Gasteiger partial charge in [0.25, 0.3) is 12.9 Å². The van der Waals surface area contributed by atoms with Gasteiger partial charge in [-0.15, -0.1) is 11.3 Å². The normalized spacial score (nSPS) is 11.2. The number of carbonyl (C=O) groups is 3. The maximum absolute atomic E-state index is 13.3. The molecule has 0 spiro atoms. The molecule has 0 saturated carbocycles. The average Bonchev–Trinajstić information content (AvgIpc) is 3.22. The number of amides is 1. The minimum Gasteiger partial charge on any atom is -0.462 e. The van der Waals surface area contributed by atoms with Gasteiger partial charge in [-0.2, -0.15) is 5.10 Å². The molecule has 8 nitrogen and oxygen atoms in total. The number of hydrogen-bond donors (Lipinski definition) is 1. The number of carbonyl (C=O) groups excluding carboxylic acids is 3. The largest absolute Gasteiger partial charge is 0.462 e. The molecule has 0 fully saturated rings. The molecule has 182 valence electrons. The fourth-order valence-electron chi connectivity index (χ4n) is 2.75. The molecule has 0 atom stereocenters. The fourth-order valence-corrected chi connectivity index (χ4v) is 4.15. The van der Waals surface area contributed by atoms with E-state index < -0.39 is 53.7 Å². The smallest absolute Gasteiger partial charge is 0.348 e. The number of thiophene rings is 1. The van der Waals surface area contributed by atoms with Crippen molar-refractivity contribution in [1.82, 2.24) is 9.78 Å². The number of aromatic nitrogens is 2. The third-order valence-corrected chi connectivity index (χ3v) is 5.74. The Balaban J connectivity index is 2.39. The van der Waals surface area contributed by atoms with Crippen LogP contribution in [-0.2, 0) is 20.8 Å². The molecule has 0 unspecified atom stereocenters. The molecular weight excluding hydrogens is 494 g/mol. The molecule has 1 amide bonds. The first-order valence-electron chi connectivity index (χ1n) is 9.63. The lowest BCUT2D eigenvalue weighted by atomic mass is 10.1. The molecule has 2 aromatic rings. The van der Waals surface area contributed by atoms with Crippen molar-refractivity contribution in [2.75, 3.05) is 18.5 Å². The second-order valence-corrected chi connectivity index (χ2v) is 7.91. The van der Waals surface area contributed by atoms with Crippen molar-refractivity contribution in [3.63, 3.8) is 0 Å². The summed E-state index contributed by atoms with van der Waals surface area (Å²) in [6.07, 6.45) is -5.99. The third-order valence-electron chi connectivity index (χ3n) is 4.17. The van der Waals surface area contributed by atoms with Crippen LogP contribution in [0.1, 0.15) is 70.1 Å². The second-order valence-electron chi connectivity index (χ2n) is 6.51. The summed E-state index contributed by atoms with van der Waals surface area (Å²) in [6, 6.07) is 0. The summed E-state index contributed by atoms with van der Waals surface area (Å²) in [7, 11) is 0. The molecule has 0 radical (unpaired) electrons. The van der Waals surface area contributed by atoms with Gasteiger partial charge in [0, 0.05) is 0 Å². The van der Waals surface area contributed by atoms with Crippen molar-refractivity contribution in [3.05, 3.63) is 32.4 Å². The van der Waals surface area contributed by atoms with Crippen molar-refractivity contribution in [3.8, 4) is 0 Å². The first-order valence-corrected chi connectivity index (χ1v) is 10.8. The summed E-state index contributed by atoms with van der Waals surface area (Å²) in [5.74, 6) is -2.52. The average molecular weight is 514 g/mol. The summed E-state index contributed by atoms with van der Waals surface area (Å²) >= 11 is 6.31. The molecule has 2 heterocycles. The maximum Gasteiger partial charge on any atom is 0.348 e. The molecule has 0 aliphatic rings. The fraction of sp³-hybridized carbons (Fsp3) is 0.474. The first-order chi connectivity index (χ1) is 15.5. The number of anilines is 1. The van der Waals surface area contributed by atoms with Gasteiger partial charge >= 0.3 is 11.9 Å². The molecule has 14 heteroatoms. The van der Waals surface area contributed by atoms with E-state index in [1.54, 1.807) is 13.8 Å². The Bertz CT molecular complexity index is 1040. The molecule has 0 bridgehead atoms. The lowest BCUT2D eigenvalue weighted by molar-refractivity contribution is -0.117. The van der Waals surface area contributed by atoms with E-state index in [2.05, 4.69) is 10.4 Å². The molecule has 1 N–H and O–H groups in total. The van der Waals surface area contributed by atoms with Crippen LogP contribution in [0.3, 0.4) is 0 Å². The predicted octanol–water partition coefficient (Wildman–Crippen LogP) is 5.16. The number of ether oxygens (including phenoxy) is 2. The lowest BCUT2D eigenvalue weighted by Gasteiger charge is -2.09. The zero-order chi connectivity index (χ0) is 24.9. The number of alkyl halides is 4. The quantitative estimate of drug-likeness (QED) is 0.348. The number of halogens is 5. The van der Waals surface area contributed by atoms with Gasteiger partial charge < -0.3 is 14.8 Å². The molecule has 0 aliphatic carbocycles. The topological polar surface area (TPSA) is 99.5 Å². The van der Waals surface area contributed by atoms with Gasteiger partial charge in [0.15, 0.2) is 0 Å². The van der Waals surface area contributed by atoms with Crippen molar-refractivity contribution >= 4 is 45.8 Å². The maximum atomic E-state index is 13.3. The minimum absolute atomic E-state index is 0.0333. The minimum atomic E-state index is -3.27. The highest BCUT2D eigenvalue weighted by atomic mass is 35.5. The molecule has 0 aliphatic heterocycles. The Hall–Kier alpha value is -2.67. The molecule has 0 aromatic carbocycles. The van der Waals surface area contributed by atoms with E-state index in [1.807, 2.05) is 0 Å². The van der Waals surface area contributed by atoms with E-state index >= 15 is 0 Å². The van der Waals surface area contributed by atoms with E-state index in [9.17, 15) is 31.9 Å². The SMILES string of the molecule is CCCOC(=O)c1c(NC(=O)Cn2nc(C(F)F)c(Cl)c2C(F)F)sc(C(=O)OCC)c1C. The second kappa shape index (κ2) is 11.5. The highest BCUT2D eigenvalue weighted by Crippen LogP contribution is 2.36. The van der Waals surface area contributed by atoms with Gasteiger partial charge in [0.05, 0.1) is 23.8 Å². The summed E-state index contributed by atoms with van der Waals surface area (Å²) in [5, 5.41) is 4.62. The summed E-state index contributed by atoms with van der Waals surface area (Å²) in [5.41, 5.74) is -2.03. The highest BCUT2D eigenvalue weighted by molar-refractivity contribution is 7.18. The van der Waals surface area contributed by atoms with Crippen LogP contribution < -0.4 is 5.32 Å². The standard InChI is InChI=1S/C19H20ClF4N3O5S/c1-4-6-32-18(29)10-8(3)14(19(30)31-5-2)33-17(10)25-9(28)7-27-13(16(23)24)11(20)12(26-27)15(21)22/h15-16H,4-7H2,1-3H3,(H,25,28). The van der Waals surface area contributed by atoms with E-state index in [1.165, 1.54) is 6.92 Å². The predicted molar refractivity (Wildman–Crippen MR) is 111 cm³/mol.